The quantitative estimate of drug-likeness (QED) is 0.794. The third kappa shape index (κ3) is 2.14. The SMILES string of the molecule is c1ccc2nc(N3CCN4CCCCC4C3)cnc2c1. The van der Waals surface area contributed by atoms with E-state index >= 15 is 0 Å². The van der Waals surface area contributed by atoms with Gasteiger partial charge in [-0.25, -0.2) is 4.98 Å². The zero-order valence-electron chi connectivity index (χ0n) is 11.7. The summed E-state index contributed by atoms with van der Waals surface area (Å²) in [6.07, 6.45) is 6.00. The summed E-state index contributed by atoms with van der Waals surface area (Å²) in [6.45, 7) is 4.62. The third-order valence-electron chi connectivity index (χ3n) is 4.60. The van der Waals surface area contributed by atoms with Crippen LogP contribution in [-0.2, 0) is 0 Å². The van der Waals surface area contributed by atoms with Gasteiger partial charge in [0.1, 0.15) is 5.82 Å². The fourth-order valence-corrected chi connectivity index (χ4v) is 3.46. The molecule has 0 N–H and O–H groups in total. The monoisotopic (exact) mass is 268 g/mol. The Labute approximate surface area is 119 Å². The molecule has 0 spiro atoms. The molecular formula is C16H20N4. The average molecular weight is 268 g/mol. The smallest absolute Gasteiger partial charge is 0.147 e. The second-order valence-corrected chi connectivity index (χ2v) is 5.85. The molecule has 3 heterocycles. The summed E-state index contributed by atoms with van der Waals surface area (Å²) < 4.78 is 0. The molecule has 104 valence electrons. The summed E-state index contributed by atoms with van der Waals surface area (Å²) in [5, 5.41) is 0. The molecule has 0 saturated carbocycles. The Bertz CT molecular complexity index is 612. The molecule has 1 aromatic heterocycles. The van der Waals surface area contributed by atoms with Crippen molar-refractivity contribution in [3.8, 4) is 0 Å². The van der Waals surface area contributed by atoms with Gasteiger partial charge in [-0.15, -0.1) is 0 Å². The molecule has 2 aromatic rings. The molecule has 2 saturated heterocycles. The standard InChI is InChI=1S/C16H20N4/c1-2-7-15-14(6-1)17-11-16(18-15)20-10-9-19-8-4-3-5-13(19)12-20/h1-2,6-7,11,13H,3-5,8-10,12H2. The van der Waals surface area contributed by atoms with Gasteiger partial charge in [0.25, 0.3) is 0 Å². The molecular weight excluding hydrogens is 248 g/mol. The maximum atomic E-state index is 4.78. The van der Waals surface area contributed by atoms with Gasteiger partial charge in [0.15, 0.2) is 0 Å². The van der Waals surface area contributed by atoms with Crippen molar-refractivity contribution in [2.45, 2.75) is 25.3 Å². The van der Waals surface area contributed by atoms with E-state index < -0.39 is 0 Å². The molecule has 4 rings (SSSR count). The van der Waals surface area contributed by atoms with Crippen LogP contribution in [0.25, 0.3) is 11.0 Å². The van der Waals surface area contributed by atoms with Crippen LogP contribution in [0.3, 0.4) is 0 Å². The van der Waals surface area contributed by atoms with Crippen LogP contribution in [0.4, 0.5) is 5.82 Å². The minimum atomic E-state index is 0.714. The molecule has 1 unspecified atom stereocenters. The van der Waals surface area contributed by atoms with Crippen LogP contribution >= 0.6 is 0 Å². The van der Waals surface area contributed by atoms with Crippen LogP contribution in [0.1, 0.15) is 19.3 Å². The largest absolute Gasteiger partial charge is 0.352 e. The molecule has 2 aliphatic heterocycles. The Morgan fingerprint density at radius 1 is 1.00 bits per heavy atom. The van der Waals surface area contributed by atoms with Gasteiger partial charge in [-0.05, 0) is 31.5 Å². The molecule has 2 fully saturated rings. The minimum Gasteiger partial charge on any atom is -0.352 e. The predicted molar refractivity (Wildman–Crippen MR) is 81.0 cm³/mol. The first-order chi connectivity index (χ1) is 9.90. The Hall–Kier alpha value is -1.68. The maximum absolute atomic E-state index is 4.78. The van der Waals surface area contributed by atoms with Crippen molar-refractivity contribution in [2.24, 2.45) is 0 Å². The Morgan fingerprint density at radius 2 is 1.90 bits per heavy atom. The van der Waals surface area contributed by atoms with Crippen LogP contribution in [0.15, 0.2) is 30.5 Å². The summed E-state index contributed by atoms with van der Waals surface area (Å²) >= 11 is 0. The van der Waals surface area contributed by atoms with Gasteiger partial charge in [0.05, 0.1) is 17.2 Å². The summed E-state index contributed by atoms with van der Waals surface area (Å²) in [6, 6.07) is 8.82. The van der Waals surface area contributed by atoms with E-state index in [1.807, 2.05) is 30.5 Å². The second kappa shape index (κ2) is 5.02. The van der Waals surface area contributed by atoms with E-state index in [2.05, 4.69) is 14.8 Å². The highest BCUT2D eigenvalue weighted by Gasteiger charge is 2.29. The highest BCUT2D eigenvalue weighted by atomic mass is 15.3. The summed E-state index contributed by atoms with van der Waals surface area (Å²) in [5.41, 5.74) is 1.98. The molecule has 4 heteroatoms. The van der Waals surface area contributed by atoms with Gasteiger partial charge in [0.2, 0.25) is 0 Å². The van der Waals surface area contributed by atoms with Gasteiger partial charge in [-0.3, -0.25) is 9.88 Å². The zero-order valence-corrected chi connectivity index (χ0v) is 11.7. The first kappa shape index (κ1) is 12.1. The van der Waals surface area contributed by atoms with Crippen molar-refractivity contribution in [3.63, 3.8) is 0 Å². The molecule has 0 radical (unpaired) electrons. The molecule has 0 aliphatic carbocycles. The van der Waals surface area contributed by atoms with Crippen LogP contribution in [-0.4, -0.2) is 47.1 Å². The van der Waals surface area contributed by atoms with Crippen molar-refractivity contribution in [2.75, 3.05) is 31.1 Å². The van der Waals surface area contributed by atoms with Gasteiger partial charge in [0, 0.05) is 25.7 Å². The number of aromatic nitrogens is 2. The number of hydrogen-bond acceptors (Lipinski definition) is 4. The molecule has 20 heavy (non-hydrogen) atoms. The van der Waals surface area contributed by atoms with Gasteiger partial charge < -0.3 is 4.90 Å². The van der Waals surface area contributed by atoms with E-state index in [4.69, 9.17) is 4.98 Å². The lowest BCUT2D eigenvalue weighted by Crippen LogP contribution is -2.55. The second-order valence-electron chi connectivity index (χ2n) is 5.85. The summed E-state index contributed by atoms with van der Waals surface area (Å²) in [4.78, 5) is 14.4. The van der Waals surface area contributed by atoms with Crippen molar-refractivity contribution in [1.29, 1.82) is 0 Å². The van der Waals surface area contributed by atoms with Crippen molar-refractivity contribution < 1.29 is 0 Å². The van der Waals surface area contributed by atoms with E-state index in [1.165, 1.54) is 32.4 Å². The van der Waals surface area contributed by atoms with E-state index in [1.54, 1.807) is 0 Å². The highest BCUT2D eigenvalue weighted by molar-refractivity contribution is 5.75. The normalized spacial score (nSPS) is 23.8. The highest BCUT2D eigenvalue weighted by Crippen LogP contribution is 2.24. The Balaban J connectivity index is 1.59. The van der Waals surface area contributed by atoms with Crippen LogP contribution in [0.2, 0.25) is 0 Å². The fraction of sp³-hybridized carbons (Fsp3) is 0.500. The third-order valence-corrected chi connectivity index (χ3v) is 4.60. The lowest BCUT2D eigenvalue weighted by Gasteiger charge is -2.44. The maximum Gasteiger partial charge on any atom is 0.147 e. The minimum absolute atomic E-state index is 0.714. The topological polar surface area (TPSA) is 32.3 Å². The van der Waals surface area contributed by atoms with Crippen molar-refractivity contribution in [3.05, 3.63) is 30.5 Å². The Morgan fingerprint density at radius 3 is 2.85 bits per heavy atom. The number of fused-ring (bicyclic) bond motifs is 2. The summed E-state index contributed by atoms with van der Waals surface area (Å²) in [5.74, 6) is 1.04. The van der Waals surface area contributed by atoms with Gasteiger partial charge in [-0.1, -0.05) is 18.6 Å². The number of anilines is 1. The first-order valence-electron chi connectivity index (χ1n) is 7.61. The van der Waals surface area contributed by atoms with Crippen LogP contribution in [0, 0.1) is 0 Å². The summed E-state index contributed by atoms with van der Waals surface area (Å²) in [7, 11) is 0. The molecule has 4 nitrogen and oxygen atoms in total. The van der Waals surface area contributed by atoms with E-state index in [9.17, 15) is 0 Å². The first-order valence-corrected chi connectivity index (χ1v) is 7.61. The van der Waals surface area contributed by atoms with Crippen molar-refractivity contribution in [1.82, 2.24) is 14.9 Å². The average Bonchev–Trinajstić information content (AvgIpc) is 2.54. The zero-order chi connectivity index (χ0) is 13.4. The lowest BCUT2D eigenvalue weighted by atomic mass is 9.99. The van der Waals surface area contributed by atoms with Crippen LogP contribution in [0.5, 0.6) is 0 Å². The van der Waals surface area contributed by atoms with E-state index in [0.29, 0.717) is 6.04 Å². The number of nitrogens with zero attached hydrogens (tertiary/aromatic N) is 4. The number of para-hydroxylation sites is 2. The predicted octanol–water partition coefficient (Wildman–Crippen LogP) is 2.30. The molecule has 0 bridgehead atoms. The molecule has 2 aliphatic rings. The molecule has 0 amide bonds. The van der Waals surface area contributed by atoms with Gasteiger partial charge in [-0.2, -0.15) is 0 Å². The fourth-order valence-electron chi connectivity index (χ4n) is 3.46. The number of piperazine rings is 1. The van der Waals surface area contributed by atoms with Crippen LogP contribution < -0.4 is 4.90 Å². The number of hydrogen-bond donors (Lipinski definition) is 0. The van der Waals surface area contributed by atoms with E-state index in [-0.39, 0.29) is 0 Å². The lowest BCUT2D eigenvalue weighted by molar-refractivity contribution is 0.133. The number of piperidine rings is 1. The molecule has 1 aromatic carbocycles. The van der Waals surface area contributed by atoms with E-state index in [0.717, 1.165) is 29.9 Å². The van der Waals surface area contributed by atoms with Gasteiger partial charge >= 0.3 is 0 Å². The van der Waals surface area contributed by atoms with Crippen molar-refractivity contribution >= 4 is 16.9 Å². The number of benzene rings is 1. The Kier molecular flexibility index (Phi) is 3.03. The molecule has 1 atom stereocenters. The number of rotatable bonds is 1.